The average Bonchev–Trinajstić information content (AvgIpc) is 3.17. The topological polar surface area (TPSA) is 59.9 Å². The molecule has 1 unspecified atom stereocenters. The Kier molecular flexibility index (Phi) is 5.48. The highest BCUT2D eigenvalue weighted by atomic mass is 16.3. The number of rotatable bonds is 4. The van der Waals surface area contributed by atoms with Crippen molar-refractivity contribution in [2.45, 2.75) is 12.8 Å². The highest BCUT2D eigenvalue weighted by molar-refractivity contribution is 5.95. The van der Waals surface area contributed by atoms with Gasteiger partial charge in [0.1, 0.15) is 11.6 Å². The van der Waals surface area contributed by atoms with E-state index >= 15 is 0 Å². The molecular weight excluding hydrogens is 352 g/mol. The maximum atomic E-state index is 12.8. The van der Waals surface area contributed by atoms with Crippen molar-refractivity contribution in [2.24, 2.45) is 5.92 Å². The Bertz CT molecular complexity index is 833. The predicted molar refractivity (Wildman–Crippen MR) is 110 cm³/mol. The number of pyridine rings is 1. The van der Waals surface area contributed by atoms with Crippen LogP contribution in [0.15, 0.2) is 42.6 Å². The van der Waals surface area contributed by atoms with Gasteiger partial charge in [-0.1, -0.05) is 12.1 Å². The molecule has 0 bridgehead atoms. The van der Waals surface area contributed by atoms with Gasteiger partial charge in [0.2, 0.25) is 0 Å². The molecule has 0 radical (unpaired) electrons. The van der Waals surface area contributed by atoms with Crippen molar-refractivity contribution in [3.63, 3.8) is 0 Å². The fourth-order valence-corrected chi connectivity index (χ4v) is 4.14. The van der Waals surface area contributed by atoms with Gasteiger partial charge in [0.25, 0.3) is 5.91 Å². The standard InChI is InChI=1S/C22H28N4O2/c1-24-9-11-25(12-10-24)22(28)19-5-7-23-21(15-19)26-8-6-18(16-26)13-17-3-2-4-20(27)14-17/h2-5,7,14-15,18,27H,6,8-13,16H2,1H3. The second-order valence-corrected chi connectivity index (χ2v) is 7.97. The number of piperazine rings is 1. The summed E-state index contributed by atoms with van der Waals surface area (Å²) in [5.41, 5.74) is 1.89. The normalized spacial score (nSPS) is 20.5. The van der Waals surface area contributed by atoms with Crippen LogP contribution in [0.25, 0.3) is 0 Å². The summed E-state index contributed by atoms with van der Waals surface area (Å²) >= 11 is 0. The van der Waals surface area contributed by atoms with E-state index in [1.54, 1.807) is 12.3 Å². The monoisotopic (exact) mass is 380 g/mol. The number of anilines is 1. The Hall–Kier alpha value is -2.60. The number of benzene rings is 1. The maximum absolute atomic E-state index is 12.8. The molecular formula is C22H28N4O2. The average molecular weight is 380 g/mol. The molecule has 148 valence electrons. The molecule has 3 heterocycles. The number of amides is 1. The van der Waals surface area contributed by atoms with Crippen molar-refractivity contribution < 1.29 is 9.90 Å². The fourth-order valence-electron chi connectivity index (χ4n) is 4.14. The van der Waals surface area contributed by atoms with E-state index in [0.717, 1.165) is 63.5 Å². The molecule has 1 aromatic carbocycles. The van der Waals surface area contributed by atoms with E-state index in [4.69, 9.17) is 0 Å². The molecule has 1 amide bonds. The molecule has 1 atom stereocenters. The third-order valence-electron chi connectivity index (χ3n) is 5.83. The number of hydrogen-bond acceptors (Lipinski definition) is 5. The number of aromatic nitrogens is 1. The zero-order valence-corrected chi connectivity index (χ0v) is 16.4. The zero-order chi connectivity index (χ0) is 19.5. The first-order valence-electron chi connectivity index (χ1n) is 10.1. The fraction of sp³-hybridized carbons (Fsp3) is 0.455. The maximum Gasteiger partial charge on any atom is 0.254 e. The van der Waals surface area contributed by atoms with Gasteiger partial charge in [-0.3, -0.25) is 4.79 Å². The summed E-state index contributed by atoms with van der Waals surface area (Å²) in [7, 11) is 2.09. The third-order valence-corrected chi connectivity index (χ3v) is 5.83. The Balaban J connectivity index is 1.40. The molecule has 2 saturated heterocycles. The van der Waals surface area contributed by atoms with Crippen LogP contribution in [0.5, 0.6) is 5.75 Å². The van der Waals surface area contributed by atoms with E-state index in [1.165, 1.54) is 5.56 Å². The van der Waals surface area contributed by atoms with Crippen molar-refractivity contribution in [1.29, 1.82) is 0 Å². The summed E-state index contributed by atoms with van der Waals surface area (Å²) < 4.78 is 0. The van der Waals surface area contributed by atoms with E-state index in [9.17, 15) is 9.90 Å². The van der Waals surface area contributed by atoms with E-state index in [0.29, 0.717) is 11.7 Å². The molecule has 4 rings (SSSR count). The highest BCUT2D eigenvalue weighted by Crippen LogP contribution is 2.26. The molecule has 1 N–H and O–H groups in total. The molecule has 2 fully saturated rings. The molecule has 0 aliphatic carbocycles. The number of likely N-dealkylation sites (N-methyl/N-ethyl adjacent to an activating group) is 1. The lowest BCUT2D eigenvalue weighted by Gasteiger charge is -2.32. The predicted octanol–water partition coefficient (Wildman–Crippen LogP) is 2.24. The van der Waals surface area contributed by atoms with Crippen molar-refractivity contribution in [2.75, 3.05) is 51.2 Å². The first kappa shape index (κ1) is 18.7. The van der Waals surface area contributed by atoms with Crippen LogP contribution >= 0.6 is 0 Å². The summed E-state index contributed by atoms with van der Waals surface area (Å²) in [5.74, 6) is 1.84. The first-order chi connectivity index (χ1) is 13.6. The van der Waals surface area contributed by atoms with Gasteiger partial charge in [-0.15, -0.1) is 0 Å². The Morgan fingerprint density at radius 3 is 2.75 bits per heavy atom. The number of nitrogens with zero attached hydrogens (tertiary/aromatic N) is 4. The minimum absolute atomic E-state index is 0.104. The second-order valence-electron chi connectivity index (χ2n) is 7.97. The van der Waals surface area contributed by atoms with Gasteiger partial charge in [-0.2, -0.15) is 0 Å². The van der Waals surface area contributed by atoms with Gasteiger partial charge < -0.3 is 19.8 Å². The molecule has 0 spiro atoms. The van der Waals surface area contributed by atoms with Crippen molar-refractivity contribution in [1.82, 2.24) is 14.8 Å². The minimum Gasteiger partial charge on any atom is -0.508 e. The van der Waals surface area contributed by atoms with E-state index in [2.05, 4.69) is 27.9 Å². The molecule has 1 aromatic heterocycles. The minimum atomic E-state index is 0.104. The van der Waals surface area contributed by atoms with Crippen LogP contribution in [0.4, 0.5) is 5.82 Å². The lowest BCUT2D eigenvalue weighted by atomic mass is 9.98. The van der Waals surface area contributed by atoms with Crippen LogP contribution in [0.2, 0.25) is 0 Å². The van der Waals surface area contributed by atoms with E-state index in [-0.39, 0.29) is 5.91 Å². The van der Waals surface area contributed by atoms with Crippen LogP contribution in [-0.4, -0.2) is 72.1 Å². The third kappa shape index (κ3) is 4.28. The second kappa shape index (κ2) is 8.19. The van der Waals surface area contributed by atoms with Gasteiger partial charge in [-0.25, -0.2) is 4.98 Å². The van der Waals surface area contributed by atoms with Crippen LogP contribution in [0, 0.1) is 5.92 Å². The molecule has 0 saturated carbocycles. The van der Waals surface area contributed by atoms with Crippen LogP contribution in [0.3, 0.4) is 0 Å². The molecule has 2 aliphatic rings. The highest BCUT2D eigenvalue weighted by Gasteiger charge is 2.25. The number of phenols is 1. The first-order valence-corrected chi connectivity index (χ1v) is 10.1. The Morgan fingerprint density at radius 2 is 1.96 bits per heavy atom. The molecule has 2 aromatic rings. The zero-order valence-electron chi connectivity index (χ0n) is 16.4. The van der Waals surface area contributed by atoms with Gasteiger partial charge in [0, 0.05) is 51.0 Å². The van der Waals surface area contributed by atoms with Gasteiger partial charge in [0.05, 0.1) is 0 Å². The summed E-state index contributed by atoms with van der Waals surface area (Å²) in [6.45, 7) is 5.28. The summed E-state index contributed by atoms with van der Waals surface area (Å²) in [6, 6.07) is 11.3. The van der Waals surface area contributed by atoms with E-state index in [1.807, 2.05) is 29.2 Å². The number of phenolic OH excluding ortho intramolecular Hbond substituents is 1. The number of carbonyl (C=O) groups is 1. The number of carbonyl (C=O) groups excluding carboxylic acids is 1. The number of hydrogen-bond donors (Lipinski definition) is 1. The number of aromatic hydroxyl groups is 1. The van der Waals surface area contributed by atoms with Crippen molar-refractivity contribution >= 4 is 11.7 Å². The van der Waals surface area contributed by atoms with Crippen molar-refractivity contribution in [3.8, 4) is 5.75 Å². The quantitative estimate of drug-likeness (QED) is 0.882. The molecule has 6 heteroatoms. The molecule has 2 aliphatic heterocycles. The lowest BCUT2D eigenvalue weighted by molar-refractivity contribution is 0.0664. The largest absolute Gasteiger partial charge is 0.508 e. The van der Waals surface area contributed by atoms with Crippen molar-refractivity contribution in [3.05, 3.63) is 53.7 Å². The lowest BCUT2D eigenvalue weighted by Crippen LogP contribution is -2.47. The van der Waals surface area contributed by atoms with Crippen LogP contribution in [-0.2, 0) is 6.42 Å². The Labute approximate surface area is 166 Å². The van der Waals surface area contributed by atoms with Gasteiger partial charge in [0.15, 0.2) is 0 Å². The molecule has 28 heavy (non-hydrogen) atoms. The summed E-state index contributed by atoms with van der Waals surface area (Å²) in [6.07, 6.45) is 3.79. The SMILES string of the molecule is CN1CCN(C(=O)c2ccnc(N3CCC(Cc4cccc(O)c4)C3)c2)CC1. The smallest absolute Gasteiger partial charge is 0.254 e. The van der Waals surface area contributed by atoms with E-state index < -0.39 is 0 Å². The summed E-state index contributed by atoms with van der Waals surface area (Å²) in [5, 5.41) is 9.66. The van der Waals surface area contributed by atoms with Crippen LogP contribution < -0.4 is 4.90 Å². The van der Waals surface area contributed by atoms with Gasteiger partial charge >= 0.3 is 0 Å². The Morgan fingerprint density at radius 1 is 1.14 bits per heavy atom. The summed E-state index contributed by atoms with van der Waals surface area (Å²) in [4.78, 5) is 23.8. The molecule has 6 nitrogen and oxygen atoms in total. The van der Waals surface area contributed by atoms with Crippen LogP contribution in [0.1, 0.15) is 22.3 Å². The van der Waals surface area contributed by atoms with Gasteiger partial charge in [-0.05, 0) is 55.6 Å².